The van der Waals surface area contributed by atoms with Crippen molar-refractivity contribution in [3.63, 3.8) is 0 Å². The Morgan fingerprint density at radius 3 is 2.86 bits per heavy atom. The van der Waals surface area contributed by atoms with Crippen LogP contribution in [0.2, 0.25) is 0 Å². The number of hydrogen-bond donors (Lipinski definition) is 1. The van der Waals surface area contributed by atoms with Crippen LogP contribution in [0, 0.1) is 19.3 Å². The lowest BCUT2D eigenvalue weighted by molar-refractivity contribution is 0.630. The van der Waals surface area contributed by atoms with Crippen LogP contribution in [0.15, 0.2) is 24.3 Å². The van der Waals surface area contributed by atoms with Crippen LogP contribution in [0.25, 0.3) is 0 Å². The molecular weight excluding hydrogens is 170 g/mol. The highest BCUT2D eigenvalue weighted by molar-refractivity contribution is 5.22. The maximum absolute atomic E-state index is 5.36. The average Bonchev–Trinajstić information content (AvgIpc) is 2.19. The zero-order valence-corrected chi connectivity index (χ0v) is 8.88. The first-order valence-corrected chi connectivity index (χ1v) is 4.95. The highest BCUT2D eigenvalue weighted by Gasteiger charge is 2.01. The van der Waals surface area contributed by atoms with E-state index in [0.717, 1.165) is 12.8 Å². The van der Waals surface area contributed by atoms with Crippen LogP contribution in [0.5, 0.6) is 0 Å². The molecule has 0 heterocycles. The fraction of sp³-hybridized carbons (Fsp3) is 0.385. The largest absolute Gasteiger partial charge is 0.307 e. The van der Waals surface area contributed by atoms with Crippen LogP contribution in [-0.2, 0) is 6.42 Å². The highest BCUT2D eigenvalue weighted by Crippen LogP contribution is 2.07. The first kappa shape index (κ1) is 10.8. The Kier molecular flexibility index (Phi) is 4.22. The van der Waals surface area contributed by atoms with Crippen molar-refractivity contribution in [1.29, 1.82) is 0 Å². The molecule has 1 unspecified atom stereocenters. The first-order chi connectivity index (χ1) is 6.76. The number of terminal acetylenes is 1. The number of nitrogens with one attached hydrogen (secondary N) is 1. The third-order valence-corrected chi connectivity index (χ3v) is 2.35. The summed E-state index contributed by atoms with van der Waals surface area (Å²) >= 11 is 0. The number of hydrogen-bond acceptors (Lipinski definition) is 1. The Morgan fingerprint density at radius 2 is 2.29 bits per heavy atom. The second kappa shape index (κ2) is 5.47. The summed E-state index contributed by atoms with van der Waals surface area (Å²) in [5.74, 6) is 2.73. The van der Waals surface area contributed by atoms with Crippen molar-refractivity contribution in [1.82, 2.24) is 5.32 Å². The van der Waals surface area contributed by atoms with E-state index in [1.807, 2.05) is 7.05 Å². The van der Waals surface area contributed by atoms with Gasteiger partial charge in [-0.3, -0.25) is 0 Å². The lowest BCUT2D eigenvalue weighted by Crippen LogP contribution is -2.23. The molecule has 0 spiro atoms. The third kappa shape index (κ3) is 3.24. The second-order valence-corrected chi connectivity index (χ2v) is 3.54. The van der Waals surface area contributed by atoms with Crippen LogP contribution >= 0.6 is 0 Å². The van der Waals surface area contributed by atoms with Crippen molar-refractivity contribution in [3.8, 4) is 12.3 Å². The van der Waals surface area contributed by atoms with E-state index in [1.165, 1.54) is 11.1 Å². The summed E-state index contributed by atoms with van der Waals surface area (Å²) in [5.41, 5.74) is 2.67. The quantitative estimate of drug-likeness (QED) is 0.712. The minimum Gasteiger partial charge on any atom is -0.307 e. The molecule has 0 amide bonds. The molecule has 1 rings (SSSR count). The molecule has 74 valence electrons. The summed E-state index contributed by atoms with van der Waals surface area (Å²) in [4.78, 5) is 0. The van der Waals surface area contributed by atoms with E-state index < -0.39 is 0 Å². The van der Waals surface area contributed by atoms with Crippen LogP contribution in [0.3, 0.4) is 0 Å². The first-order valence-electron chi connectivity index (χ1n) is 4.95. The lowest BCUT2D eigenvalue weighted by Gasteiger charge is -2.09. The number of rotatable bonds is 4. The maximum Gasteiger partial charge on any atom is 0.0687 e. The summed E-state index contributed by atoms with van der Waals surface area (Å²) in [6, 6.07) is 8.75. The number of benzene rings is 1. The van der Waals surface area contributed by atoms with Crippen LogP contribution in [0.1, 0.15) is 17.5 Å². The average molecular weight is 187 g/mol. The van der Waals surface area contributed by atoms with Gasteiger partial charge in [0, 0.05) is 0 Å². The fourth-order valence-corrected chi connectivity index (χ4v) is 1.49. The van der Waals surface area contributed by atoms with Crippen LogP contribution in [0.4, 0.5) is 0 Å². The molecule has 0 aliphatic carbocycles. The third-order valence-electron chi connectivity index (χ3n) is 2.35. The summed E-state index contributed by atoms with van der Waals surface area (Å²) < 4.78 is 0. The van der Waals surface area contributed by atoms with Gasteiger partial charge in [0.25, 0.3) is 0 Å². The second-order valence-electron chi connectivity index (χ2n) is 3.54. The highest BCUT2D eigenvalue weighted by atomic mass is 14.8. The zero-order valence-electron chi connectivity index (χ0n) is 8.88. The van der Waals surface area contributed by atoms with E-state index in [1.54, 1.807) is 0 Å². The van der Waals surface area contributed by atoms with Crippen molar-refractivity contribution in [2.45, 2.75) is 25.8 Å². The molecule has 0 fully saturated rings. The van der Waals surface area contributed by atoms with Gasteiger partial charge in [0.2, 0.25) is 0 Å². The van der Waals surface area contributed by atoms with Gasteiger partial charge in [-0.1, -0.05) is 35.7 Å². The van der Waals surface area contributed by atoms with Crippen molar-refractivity contribution >= 4 is 0 Å². The minimum atomic E-state index is 0.190. The molecule has 0 saturated carbocycles. The van der Waals surface area contributed by atoms with Gasteiger partial charge in [0.15, 0.2) is 0 Å². The molecule has 0 radical (unpaired) electrons. The smallest absolute Gasteiger partial charge is 0.0687 e. The molecule has 1 heteroatoms. The SMILES string of the molecule is C#CC(CCc1cccc(C)c1)NC. The monoisotopic (exact) mass is 187 g/mol. The maximum atomic E-state index is 5.36. The predicted octanol–water partition coefficient (Wildman–Crippen LogP) is 2.15. The lowest BCUT2D eigenvalue weighted by atomic mass is 10.0. The van der Waals surface area contributed by atoms with E-state index in [-0.39, 0.29) is 6.04 Å². The Morgan fingerprint density at radius 1 is 1.50 bits per heavy atom. The molecular formula is C13H17N. The summed E-state index contributed by atoms with van der Waals surface area (Å²) in [6.07, 6.45) is 7.40. The van der Waals surface area contributed by atoms with E-state index in [2.05, 4.69) is 42.4 Å². The Labute approximate surface area is 86.5 Å². The fourth-order valence-electron chi connectivity index (χ4n) is 1.49. The molecule has 1 aromatic rings. The zero-order chi connectivity index (χ0) is 10.4. The molecule has 1 nitrogen and oxygen atoms in total. The minimum absolute atomic E-state index is 0.190. The summed E-state index contributed by atoms with van der Waals surface area (Å²) in [6.45, 7) is 2.11. The van der Waals surface area contributed by atoms with E-state index in [9.17, 15) is 0 Å². The van der Waals surface area contributed by atoms with Gasteiger partial charge in [0.1, 0.15) is 0 Å². The van der Waals surface area contributed by atoms with Crippen molar-refractivity contribution in [2.75, 3.05) is 7.05 Å². The molecule has 1 aromatic carbocycles. The Hall–Kier alpha value is -1.26. The van der Waals surface area contributed by atoms with Crippen LogP contribution in [-0.4, -0.2) is 13.1 Å². The Bertz CT molecular complexity index is 322. The van der Waals surface area contributed by atoms with Gasteiger partial charge >= 0.3 is 0 Å². The number of aryl methyl sites for hydroxylation is 2. The van der Waals surface area contributed by atoms with Gasteiger partial charge in [-0.25, -0.2) is 0 Å². The molecule has 14 heavy (non-hydrogen) atoms. The molecule has 0 aliphatic heterocycles. The predicted molar refractivity (Wildman–Crippen MR) is 61.2 cm³/mol. The van der Waals surface area contributed by atoms with Gasteiger partial charge in [-0.05, 0) is 32.4 Å². The normalized spacial score (nSPS) is 12.1. The topological polar surface area (TPSA) is 12.0 Å². The van der Waals surface area contributed by atoms with Gasteiger partial charge in [0.05, 0.1) is 6.04 Å². The van der Waals surface area contributed by atoms with Gasteiger partial charge < -0.3 is 5.32 Å². The molecule has 0 saturated heterocycles. The van der Waals surface area contributed by atoms with E-state index >= 15 is 0 Å². The van der Waals surface area contributed by atoms with Crippen LogP contribution < -0.4 is 5.32 Å². The van der Waals surface area contributed by atoms with Gasteiger partial charge in [-0.2, -0.15) is 0 Å². The summed E-state index contributed by atoms with van der Waals surface area (Å²) in [7, 11) is 1.90. The Balaban J connectivity index is 2.50. The summed E-state index contributed by atoms with van der Waals surface area (Å²) in [5, 5.41) is 3.10. The molecule has 1 atom stereocenters. The standard InChI is InChI=1S/C13H17N/c1-4-13(14-3)9-8-12-7-5-6-11(2)10-12/h1,5-7,10,13-14H,8-9H2,2-3H3. The van der Waals surface area contributed by atoms with E-state index in [4.69, 9.17) is 6.42 Å². The van der Waals surface area contributed by atoms with E-state index in [0.29, 0.717) is 0 Å². The molecule has 0 aromatic heterocycles. The van der Waals surface area contributed by atoms with Gasteiger partial charge in [-0.15, -0.1) is 6.42 Å². The molecule has 1 N–H and O–H groups in total. The molecule has 0 aliphatic rings. The van der Waals surface area contributed by atoms with Crippen molar-refractivity contribution in [3.05, 3.63) is 35.4 Å². The van der Waals surface area contributed by atoms with Crippen molar-refractivity contribution in [2.24, 2.45) is 0 Å². The molecule has 0 bridgehead atoms. The van der Waals surface area contributed by atoms with Crippen molar-refractivity contribution < 1.29 is 0 Å².